The number of hydrogen-bond donors (Lipinski definition) is 3. The first-order valence-corrected chi connectivity index (χ1v) is 9.73. The zero-order valence-corrected chi connectivity index (χ0v) is 16.7. The topological polar surface area (TPSA) is 119 Å². The molecule has 0 saturated carbocycles. The molecule has 1 heterocycles. The number of imidazole rings is 1. The number of aromatic nitrogens is 2. The van der Waals surface area contributed by atoms with Gasteiger partial charge < -0.3 is 20.9 Å². The molecule has 0 atom stereocenters. The van der Waals surface area contributed by atoms with Gasteiger partial charge in [-0.3, -0.25) is 14.4 Å². The molecule has 0 unspecified atom stereocenters. The molecule has 3 amide bonds. The smallest absolute Gasteiger partial charge is 0.255 e. The van der Waals surface area contributed by atoms with Crippen LogP contribution in [-0.4, -0.2) is 33.0 Å². The molecular weight excluding hydrogens is 409 g/mol. The summed E-state index contributed by atoms with van der Waals surface area (Å²) in [5, 5.41) is 6.05. The molecule has 0 saturated heterocycles. The van der Waals surface area contributed by atoms with Crippen molar-refractivity contribution < 1.29 is 18.8 Å². The van der Waals surface area contributed by atoms with Gasteiger partial charge in [-0.15, -0.1) is 0 Å². The normalized spacial score (nSPS) is 10.5. The maximum Gasteiger partial charge on any atom is 0.255 e. The zero-order valence-electron chi connectivity index (χ0n) is 15.9. The van der Waals surface area contributed by atoms with Crippen LogP contribution >= 0.6 is 11.8 Å². The summed E-state index contributed by atoms with van der Waals surface area (Å²) in [6.07, 6.45) is 3.45. The molecule has 0 aliphatic rings. The Morgan fingerprint density at radius 3 is 2.43 bits per heavy atom. The molecule has 3 aromatic rings. The number of nitrogens with zero attached hydrogens (tertiary/aromatic N) is 2. The summed E-state index contributed by atoms with van der Waals surface area (Å²) in [6.45, 7) is 0. The van der Waals surface area contributed by atoms with E-state index in [1.54, 1.807) is 24.5 Å². The van der Waals surface area contributed by atoms with Crippen LogP contribution in [0.5, 0.6) is 0 Å². The number of amides is 3. The highest BCUT2D eigenvalue weighted by molar-refractivity contribution is 7.99. The van der Waals surface area contributed by atoms with E-state index in [9.17, 15) is 18.8 Å². The number of nitrogens with two attached hydrogens (primary N) is 1. The molecule has 2 aromatic carbocycles. The minimum absolute atomic E-state index is 0.194. The second-order valence-corrected chi connectivity index (χ2v) is 7.19. The third-order valence-electron chi connectivity index (χ3n) is 4.03. The summed E-state index contributed by atoms with van der Waals surface area (Å²) >= 11 is 1.31. The number of carbonyl (C=O) groups is 3. The number of rotatable bonds is 7. The van der Waals surface area contributed by atoms with E-state index in [2.05, 4.69) is 15.6 Å². The number of benzene rings is 2. The molecule has 0 spiro atoms. The van der Waals surface area contributed by atoms with Gasteiger partial charge >= 0.3 is 0 Å². The Morgan fingerprint density at radius 2 is 1.80 bits per heavy atom. The number of hydrogen-bond acceptors (Lipinski definition) is 5. The highest BCUT2D eigenvalue weighted by Gasteiger charge is 2.12. The van der Waals surface area contributed by atoms with Crippen molar-refractivity contribution in [3.8, 4) is 0 Å². The molecule has 1 aromatic heterocycles. The molecule has 154 valence electrons. The average molecular weight is 427 g/mol. The molecular formula is C20H18FN5O3S. The van der Waals surface area contributed by atoms with Crippen LogP contribution in [0.4, 0.5) is 15.8 Å². The lowest BCUT2D eigenvalue weighted by atomic mass is 10.1. The minimum atomic E-state index is -0.926. The minimum Gasteiger partial charge on any atom is -0.366 e. The van der Waals surface area contributed by atoms with Crippen LogP contribution in [0.15, 0.2) is 60.0 Å². The van der Waals surface area contributed by atoms with Crippen molar-refractivity contribution in [2.24, 2.45) is 12.8 Å². The van der Waals surface area contributed by atoms with Gasteiger partial charge in [-0.25, -0.2) is 9.37 Å². The van der Waals surface area contributed by atoms with Gasteiger partial charge in [0.05, 0.1) is 11.3 Å². The van der Waals surface area contributed by atoms with Crippen molar-refractivity contribution in [3.05, 3.63) is 71.8 Å². The van der Waals surface area contributed by atoms with Crippen molar-refractivity contribution in [3.63, 3.8) is 0 Å². The van der Waals surface area contributed by atoms with E-state index in [4.69, 9.17) is 5.73 Å². The van der Waals surface area contributed by atoms with E-state index in [0.717, 1.165) is 11.2 Å². The number of thioether (sulfide) groups is 1. The van der Waals surface area contributed by atoms with Gasteiger partial charge in [0, 0.05) is 36.4 Å². The summed E-state index contributed by atoms with van der Waals surface area (Å²) in [5.74, 6) is -2.16. The Hall–Kier alpha value is -3.66. The molecule has 3 rings (SSSR count). The monoisotopic (exact) mass is 427 g/mol. The van der Waals surface area contributed by atoms with Crippen LogP contribution in [-0.2, 0) is 11.8 Å². The van der Waals surface area contributed by atoms with Gasteiger partial charge in [-0.05, 0) is 42.5 Å². The lowest BCUT2D eigenvalue weighted by molar-refractivity contribution is -0.113. The first-order valence-electron chi connectivity index (χ1n) is 8.74. The molecule has 4 N–H and O–H groups in total. The van der Waals surface area contributed by atoms with Crippen LogP contribution in [0.1, 0.15) is 20.7 Å². The fourth-order valence-electron chi connectivity index (χ4n) is 2.52. The molecule has 0 radical (unpaired) electrons. The second kappa shape index (κ2) is 9.23. The van der Waals surface area contributed by atoms with Crippen molar-refractivity contribution in [2.75, 3.05) is 16.4 Å². The Balaban J connectivity index is 1.57. The van der Waals surface area contributed by atoms with E-state index in [1.807, 2.05) is 11.6 Å². The van der Waals surface area contributed by atoms with Crippen molar-refractivity contribution in [1.29, 1.82) is 0 Å². The second-order valence-electron chi connectivity index (χ2n) is 6.25. The number of anilines is 2. The summed E-state index contributed by atoms with van der Waals surface area (Å²) < 4.78 is 15.3. The number of carbonyl (C=O) groups excluding carboxylic acids is 3. The Labute approximate surface area is 175 Å². The third kappa shape index (κ3) is 5.23. The quantitative estimate of drug-likeness (QED) is 0.501. The highest BCUT2D eigenvalue weighted by atomic mass is 32.2. The van der Waals surface area contributed by atoms with Crippen molar-refractivity contribution >= 4 is 40.9 Å². The van der Waals surface area contributed by atoms with Crippen LogP contribution < -0.4 is 16.4 Å². The summed E-state index contributed by atoms with van der Waals surface area (Å²) in [4.78, 5) is 39.8. The Morgan fingerprint density at radius 1 is 1.10 bits per heavy atom. The van der Waals surface area contributed by atoms with Gasteiger partial charge in [0.2, 0.25) is 5.91 Å². The number of nitrogens with one attached hydrogen (secondary N) is 2. The largest absolute Gasteiger partial charge is 0.366 e. The average Bonchev–Trinajstić information content (AvgIpc) is 3.13. The molecule has 0 aliphatic heterocycles. The summed E-state index contributed by atoms with van der Waals surface area (Å²) in [7, 11) is 1.84. The van der Waals surface area contributed by atoms with Crippen LogP contribution in [0, 0.1) is 5.82 Å². The SMILES string of the molecule is Cn1ccnc1SCC(=O)Nc1ccc(C(=O)Nc2ccc(F)c(C(N)=O)c2)cc1. The van der Waals surface area contributed by atoms with Gasteiger partial charge in [0.15, 0.2) is 5.16 Å². The third-order valence-corrected chi connectivity index (χ3v) is 5.09. The molecule has 0 fully saturated rings. The molecule has 0 bridgehead atoms. The van der Waals surface area contributed by atoms with E-state index in [-0.39, 0.29) is 22.9 Å². The van der Waals surface area contributed by atoms with Gasteiger partial charge in [0.25, 0.3) is 11.8 Å². The lowest BCUT2D eigenvalue weighted by Crippen LogP contribution is -2.16. The fraction of sp³-hybridized carbons (Fsp3) is 0.100. The number of aryl methyl sites for hydroxylation is 1. The summed E-state index contributed by atoms with van der Waals surface area (Å²) in [6, 6.07) is 9.81. The highest BCUT2D eigenvalue weighted by Crippen LogP contribution is 2.18. The zero-order chi connectivity index (χ0) is 21.7. The van der Waals surface area contributed by atoms with Crippen LogP contribution in [0.25, 0.3) is 0 Å². The first-order chi connectivity index (χ1) is 14.3. The van der Waals surface area contributed by atoms with E-state index >= 15 is 0 Å². The van der Waals surface area contributed by atoms with Crippen molar-refractivity contribution in [2.45, 2.75) is 5.16 Å². The van der Waals surface area contributed by atoms with E-state index < -0.39 is 17.6 Å². The predicted molar refractivity (Wildman–Crippen MR) is 112 cm³/mol. The fourth-order valence-corrected chi connectivity index (χ4v) is 3.25. The lowest BCUT2D eigenvalue weighted by Gasteiger charge is -2.09. The van der Waals surface area contributed by atoms with Gasteiger partial charge in [0.1, 0.15) is 5.82 Å². The molecule has 10 heteroatoms. The first kappa shape index (κ1) is 21.1. The number of halogens is 1. The predicted octanol–water partition coefficient (Wildman–Crippen LogP) is 2.64. The standard InChI is InChI=1S/C20H18FN5O3S/c1-26-9-8-23-20(26)30-11-17(27)24-13-4-2-12(3-5-13)19(29)25-14-6-7-16(21)15(10-14)18(22)28/h2-10H,11H2,1H3,(H2,22,28)(H,24,27)(H,25,29). The van der Waals surface area contributed by atoms with Gasteiger partial charge in [-0.2, -0.15) is 0 Å². The Kier molecular flexibility index (Phi) is 6.48. The van der Waals surface area contributed by atoms with Gasteiger partial charge in [-0.1, -0.05) is 11.8 Å². The Bertz CT molecular complexity index is 1100. The molecule has 8 nitrogen and oxygen atoms in total. The van der Waals surface area contributed by atoms with E-state index in [1.165, 1.54) is 36.0 Å². The van der Waals surface area contributed by atoms with E-state index in [0.29, 0.717) is 11.3 Å². The molecule has 0 aliphatic carbocycles. The van der Waals surface area contributed by atoms with Crippen molar-refractivity contribution in [1.82, 2.24) is 9.55 Å². The molecule has 30 heavy (non-hydrogen) atoms. The van der Waals surface area contributed by atoms with Crippen LogP contribution in [0.3, 0.4) is 0 Å². The summed E-state index contributed by atoms with van der Waals surface area (Å²) in [5.41, 5.74) is 5.89. The van der Waals surface area contributed by atoms with Crippen LogP contribution in [0.2, 0.25) is 0 Å². The number of primary amides is 1. The maximum absolute atomic E-state index is 13.5. The maximum atomic E-state index is 13.5.